The zero-order chi connectivity index (χ0) is 10.8. The molecular formula is C10H11N3O2. The topological polar surface area (TPSA) is 67.2 Å². The fourth-order valence-corrected chi connectivity index (χ4v) is 1.51. The molecule has 2 rings (SSSR count). The first kappa shape index (κ1) is 9.67. The lowest BCUT2D eigenvalue weighted by Crippen LogP contribution is -2.18. The number of amides is 1. The third-order valence-corrected chi connectivity index (χ3v) is 2.33. The molecule has 0 aliphatic rings. The summed E-state index contributed by atoms with van der Waals surface area (Å²) in [5.74, 6) is -0.513. The number of nitrogens with zero attached hydrogens (tertiary/aromatic N) is 2. The molecule has 0 saturated carbocycles. The molecule has 1 heterocycles. The second-order valence-corrected chi connectivity index (χ2v) is 3.18. The molecule has 2 N–H and O–H groups in total. The van der Waals surface area contributed by atoms with Crippen molar-refractivity contribution in [3.05, 3.63) is 30.1 Å². The third-order valence-electron chi connectivity index (χ3n) is 2.33. The Hall–Kier alpha value is -1.88. The van der Waals surface area contributed by atoms with Gasteiger partial charge >= 0.3 is 0 Å². The van der Waals surface area contributed by atoms with Crippen LogP contribution in [0.15, 0.2) is 24.5 Å². The van der Waals surface area contributed by atoms with Gasteiger partial charge in [0.25, 0.3) is 5.91 Å². The van der Waals surface area contributed by atoms with Crippen molar-refractivity contribution in [1.82, 2.24) is 15.0 Å². The van der Waals surface area contributed by atoms with Gasteiger partial charge in [0.05, 0.1) is 17.4 Å². The summed E-state index contributed by atoms with van der Waals surface area (Å²) in [6.45, 7) is 2.79. The van der Waals surface area contributed by atoms with E-state index in [0.29, 0.717) is 5.56 Å². The molecule has 0 radical (unpaired) electrons. The zero-order valence-corrected chi connectivity index (χ0v) is 8.27. The lowest BCUT2D eigenvalue weighted by molar-refractivity contribution is 0.0706. The molecule has 0 unspecified atom stereocenters. The number of imidazole rings is 1. The number of fused-ring (bicyclic) bond motifs is 1. The van der Waals surface area contributed by atoms with E-state index in [2.05, 4.69) is 4.98 Å². The Labute approximate surface area is 86.3 Å². The van der Waals surface area contributed by atoms with Crippen molar-refractivity contribution in [3.8, 4) is 0 Å². The molecule has 15 heavy (non-hydrogen) atoms. The van der Waals surface area contributed by atoms with Gasteiger partial charge in [-0.1, -0.05) is 0 Å². The summed E-state index contributed by atoms with van der Waals surface area (Å²) in [6, 6.07) is 5.09. The molecule has 1 aromatic carbocycles. The molecule has 1 amide bonds. The van der Waals surface area contributed by atoms with E-state index < -0.39 is 5.91 Å². The smallest absolute Gasteiger partial charge is 0.274 e. The van der Waals surface area contributed by atoms with Gasteiger partial charge in [-0.3, -0.25) is 10.0 Å². The van der Waals surface area contributed by atoms with Crippen molar-refractivity contribution < 1.29 is 10.0 Å². The Morgan fingerprint density at radius 3 is 3.07 bits per heavy atom. The molecule has 0 spiro atoms. The van der Waals surface area contributed by atoms with Crippen LogP contribution in [0.4, 0.5) is 0 Å². The van der Waals surface area contributed by atoms with Gasteiger partial charge in [-0.05, 0) is 25.1 Å². The number of carbonyl (C=O) groups excluding carboxylic acids is 1. The van der Waals surface area contributed by atoms with E-state index in [1.165, 1.54) is 0 Å². The van der Waals surface area contributed by atoms with E-state index >= 15 is 0 Å². The fraction of sp³-hybridized carbons (Fsp3) is 0.200. The minimum absolute atomic E-state index is 0.417. The molecule has 0 fully saturated rings. The molecule has 0 bridgehead atoms. The summed E-state index contributed by atoms with van der Waals surface area (Å²) in [6.07, 6.45) is 1.73. The van der Waals surface area contributed by atoms with Crippen LogP contribution >= 0.6 is 0 Å². The molecule has 5 heteroatoms. The van der Waals surface area contributed by atoms with E-state index in [0.717, 1.165) is 17.6 Å². The lowest BCUT2D eigenvalue weighted by Gasteiger charge is -2.01. The van der Waals surface area contributed by atoms with Crippen molar-refractivity contribution in [2.75, 3.05) is 0 Å². The number of nitrogens with one attached hydrogen (secondary N) is 1. The second-order valence-electron chi connectivity index (χ2n) is 3.18. The molecule has 5 nitrogen and oxygen atoms in total. The van der Waals surface area contributed by atoms with Gasteiger partial charge in [0, 0.05) is 12.1 Å². The van der Waals surface area contributed by atoms with Gasteiger partial charge < -0.3 is 4.57 Å². The van der Waals surface area contributed by atoms with Crippen LogP contribution < -0.4 is 5.48 Å². The number of carbonyl (C=O) groups is 1. The minimum Gasteiger partial charge on any atom is -0.331 e. The van der Waals surface area contributed by atoms with E-state index in [4.69, 9.17) is 5.21 Å². The van der Waals surface area contributed by atoms with Crippen LogP contribution in [0.3, 0.4) is 0 Å². The van der Waals surface area contributed by atoms with Crippen molar-refractivity contribution in [2.45, 2.75) is 13.5 Å². The summed E-state index contributed by atoms with van der Waals surface area (Å²) in [4.78, 5) is 15.4. The normalized spacial score (nSPS) is 10.5. The summed E-state index contributed by atoms with van der Waals surface area (Å²) in [5.41, 5.74) is 3.75. The Morgan fingerprint density at radius 1 is 1.60 bits per heavy atom. The highest BCUT2D eigenvalue weighted by Crippen LogP contribution is 2.14. The van der Waals surface area contributed by atoms with Gasteiger partial charge in [-0.25, -0.2) is 10.5 Å². The Morgan fingerprint density at radius 2 is 2.40 bits per heavy atom. The maximum absolute atomic E-state index is 11.2. The number of hydrogen-bond donors (Lipinski definition) is 2. The number of hydrogen-bond acceptors (Lipinski definition) is 3. The first-order valence-electron chi connectivity index (χ1n) is 4.65. The maximum Gasteiger partial charge on any atom is 0.274 e. The summed E-state index contributed by atoms with van der Waals surface area (Å²) in [7, 11) is 0. The van der Waals surface area contributed by atoms with Crippen molar-refractivity contribution in [2.24, 2.45) is 0 Å². The average molecular weight is 205 g/mol. The predicted molar refractivity (Wildman–Crippen MR) is 54.7 cm³/mol. The van der Waals surface area contributed by atoms with Crippen LogP contribution in [0, 0.1) is 0 Å². The van der Waals surface area contributed by atoms with Gasteiger partial charge in [0.2, 0.25) is 0 Å². The second kappa shape index (κ2) is 3.70. The minimum atomic E-state index is -0.513. The van der Waals surface area contributed by atoms with Crippen molar-refractivity contribution in [1.29, 1.82) is 0 Å². The fourth-order valence-electron chi connectivity index (χ4n) is 1.51. The summed E-state index contributed by atoms with van der Waals surface area (Å²) >= 11 is 0. The Bertz CT molecular complexity index is 504. The number of rotatable bonds is 2. The summed E-state index contributed by atoms with van der Waals surface area (Å²) < 4.78 is 1.93. The monoisotopic (exact) mass is 205 g/mol. The maximum atomic E-state index is 11.2. The van der Waals surface area contributed by atoms with Crippen LogP contribution in [0.1, 0.15) is 17.3 Å². The zero-order valence-electron chi connectivity index (χ0n) is 8.27. The SMILES string of the molecule is CCn1cnc2ccc(C(=O)NO)cc21. The number of aromatic nitrogens is 2. The molecule has 0 saturated heterocycles. The number of aryl methyl sites for hydroxylation is 1. The first-order valence-corrected chi connectivity index (χ1v) is 4.65. The molecule has 0 aliphatic heterocycles. The van der Waals surface area contributed by atoms with Gasteiger partial charge in [0.15, 0.2) is 0 Å². The number of hydroxylamine groups is 1. The van der Waals surface area contributed by atoms with E-state index in [-0.39, 0.29) is 0 Å². The summed E-state index contributed by atoms with van der Waals surface area (Å²) in [5, 5.41) is 8.52. The molecular weight excluding hydrogens is 194 g/mol. The van der Waals surface area contributed by atoms with Crippen LogP contribution in [0.25, 0.3) is 11.0 Å². The van der Waals surface area contributed by atoms with E-state index in [1.807, 2.05) is 11.5 Å². The van der Waals surface area contributed by atoms with Crippen LogP contribution in [0.2, 0.25) is 0 Å². The Kier molecular flexibility index (Phi) is 2.39. The van der Waals surface area contributed by atoms with E-state index in [9.17, 15) is 4.79 Å². The Balaban J connectivity index is 2.57. The van der Waals surface area contributed by atoms with Crippen molar-refractivity contribution in [3.63, 3.8) is 0 Å². The van der Waals surface area contributed by atoms with Crippen LogP contribution in [-0.4, -0.2) is 20.7 Å². The average Bonchev–Trinajstić information content (AvgIpc) is 2.69. The number of benzene rings is 1. The van der Waals surface area contributed by atoms with Gasteiger partial charge in [-0.2, -0.15) is 0 Å². The van der Waals surface area contributed by atoms with Gasteiger partial charge in [0.1, 0.15) is 0 Å². The quantitative estimate of drug-likeness (QED) is 0.571. The molecule has 0 aliphatic carbocycles. The molecule has 1 aromatic heterocycles. The molecule has 78 valence electrons. The van der Waals surface area contributed by atoms with Crippen molar-refractivity contribution >= 4 is 16.9 Å². The highest BCUT2D eigenvalue weighted by molar-refractivity contribution is 5.96. The van der Waals surface area contributed by atoms with Gasteiger partial charge in [-0.15, -0.1) is 0 Å². The largest absolute Gasteiger partial charge is 0.331 e. The highest BCUT2D eigenvalue weighted by Gasteiger charge is 2.07. The molecule has 0 atom stereocenters. The van der Waals surface area contributed by atoms with E-state index in [1.54, 1.807) is 30.0 Å². The molecule has 2 aromatic rings. The van der Waals surface area contributed by atoms with Crippen LogP contribution in [0.5, 0.6) is 0 Å². The highest BCUT2D eigenvalue weighted by atomic mass is 16.5. The lowest BCUT2D eigenvalue weighted by atomic mass is 10.2. The third kappa shape index (κ3) is 1.57. The predicted octanol–water partition coefficient (Wildman–Crippen LogP) is 1.18. The van der Waals surface area contributed by atoms with Crippen LogP contribution in [-0.2, 0) is 6.54 Å². The first-order chi connectivity index (χ1) is 7.26. The standard InChI is InChI=1S/C10H11N3O2/c1-2-13-6-11-8-4-3-7(5-9(8)13)10(14)12-15/h3-6,15H,2H2,1H3,(H,12,14).